The van der Waals surface area contributed by atoms with E-state index < -0.39 is 33.3 Å². The Bertz CT molecular complexity index is 948. The Morgan fingerprint density at radius 2 is 1.67 bits per heavy atom. The van der Waals surface area contributed by atoms with Crippen LogP contribution in [0.2, 0.25) is 0 Å². The zero-order chi connectivity index (χ0) is 17.9. The summed E-state index contributed by atoms with van der Waals surface area (Å²) in [7, 11) is -4.46. The van der Waals surface area contributed by atoms with Crippen molar-refractivity contribution in [2.45, 2.75) is 0 Å². The lowest BCUT2D eigenvalue weighted by molar-refractivity contribution is 0.103. The predicted molar refractivity (Wildman–Crippen MR) is 80.0 cm³/mol. The highest BCUT2D eigenvalue weighted by molar-refractivity contribution is 7.85. The van der Waals surface area contributed by atoms with E-state index in [1.54, 1.807) is 0 Å². The Morgan fingerprint density at radius 1 is 1.04 bits per heavy atom. The third kappa shape index (κ3) is 3.48. The van der Waals surface area contributed by atoms with E-state index in [2.05, 4.69) is 13.6 Å². The van der Waals surface area contributed by atoms with Gasteiger partial charge in [0.2, 0.25) is 5.75 Å². The molecule has 0 unspecified atom stereocenters. The van der Waals surface area contributed by atoms with Gasteiger partial charge in [-0.15, -0.1) is 0 Å². The first kappa shape index (κ1) is 16.9. The first-order valence-electron chi connectivity index (χ1n) is 6.14. The molecule has 11 heteroatoms. The van der Waals surface area contributed by atoms with Crippen molar-refractivity contribution in [2.75, 3.05) is 0 Å². The molecular weight excluding hydrogens is 342 g/mol. The van der Waals surface area contributed by atoms with Gasteiger partial charge in [0.25, 0.3) is 0 Å². The molecule has 0 aliphatic carbocycles. The summed E-state index contributed by atoms with van der Waals surface area (Å²) < 4.78 is 29.2. The normalized spacial score (nSPS) is 10.7. The minimum atomic E-state index is -4.46. The van der Waals surface area contributed by atoms with Crippen LogP contribution in [0.5, 0.6) is 23.0 Å². The number of azide groups is 1. The molecule has 0 aromatic heterocycles. The smallest absolute Gasteiger partial charge is 0.403 e. The van der Waals surface area contributed by atoms with E-state index in [0.717, 1.165) is 24.3 Å². The molecule has 0 radical (unpaired) electrons. The van der Waals surface area contributed by atoms with E-state index in [1.165, 1.54) is 12.1 Å². The Hall–Kier alpha value is -3.43. The molecule has 0 heterocycles. The lowest BCUT2D eigenvalue weighted by Gasteiger charge is -2.07. The van der Waals surface area contributed by atoms with Crippen LogP contribution in [0.4, 0.5) is 0 Å². The number of aromatic hydroxyl groups is 3. The average Bonchev–Trinajstić information content (AvgIpc) is 2.52. The number of carbonyl (C=O) groups excluding carboxylic acids is 1. The lowest BCUT2D eigenvalue weighted by atomic mass is 10.0. The molecule has 24 heavy (non-hydrogen) atoms. The fraction of sp³-hybridized carbons (Fsp3) is 0. The third-order valence-electron chi connectivity index (χ3n) is 2.83. The SMILES string of the molecule is [N-]=[N+]=NS(=O)(=O)Oc1ccc(C(=O)c2ccc(O)c(O)c2O)cc1. The zero-order valence-electron chi connectivity index (χ0n) is 11.7. The third-order valence-corrected chi connectivity index (χ3v) is 3.51. The first-order chi connectivity index (χ1) is 11.2. The van der Waals surface area contributed by atoms with E-state index in [1.807, 2.05) is 0 Å². The molecule has 0 atom stereocenters. The fourth-order valence-corrected chi connectivity index (χ4v) is 2.23. The number of nitrogens with zero attached hydrogens (tertiary/aromatic N) is 3. The number of carbonyl (C=O) groups is 1. The van der Waals surface area contributed by atoms with E-state index >= 15 is 0 Å². The molecule has 0 saturated heterocycles. The maximum atomic E-state index is 12.3. The van der Waals surface area contributed by atoms with E-state index in [9.17, 15) is 28.5 Å². The van der Waals surface area contributed by atoms with Crippen LogP contribution in [0.3, 0.4) is 0 Å². The van der Waals surface area contributed by atoms with Gasteiger partial charge in [0.15, 0.2) is 17.3 Å². The molecule has 2 aromatic rings. The van der Waals surface area contributed by atoms with Crippen molar-refractivity contribution in [1.29, 1.82) is 0 Å². The number of hydrogen-bond donors (Lipinski definition) is 3. The molecule has 0 fully saturated rings. The lowest BCUT2D eigenvalue weighted by Crippen LogP contribution is -2.05. The molecule has 0 saturated carbocycles. The van der Waals surface area contributed by atoms with Crippen molar-refractivity contribution >= 4 is 16.1 Å². The molecule has 0 amide bonds. The second-order valence-electron chi connectivity index (χ2n) is 4.37. The monoisotopic (exact) mass is 351 g/mol. The quantitative estimate of drug-likeness (QED) is 0.243. The Kier molecular flexibility index (Phi) is 4.49. The van der Waals surface area contributed by atoms with Crippen LogP contribution in [0.25, 0.3) is 10.4 Å². The van der Waals surface area contributed by atoms with Gasteiger partial charge < -0.3 is 19.5 Å². The Labute approximate surface area is 135 Å². The van der Waals surface area contributed by atoms with Gasteiger partial charge in [-0.2, -0.15) is 8.42 Å². The highest BCUT2D eigenvalue weighted by atomic mass is 32.2. The summed E-state index contributed by atoms with van der Waals surface area (Å²) in [6.07, 6.45) is 0. The average molecular weight is 351 g/mol. The second-order valence-corrected chi connectivity index (χ2v) is 5.55. The summed E-state index contributed by atoms with van der Waals surface area (Å²) in [5, 5.41) is 28.4. The van der Waals surface area contributed by atoms with Gasteiger partial charge in [-0.1, -0.05) is 0 Å². The van der Waals surface area contributed by atoms with E-state index in [4.69, 9.17) is 5.53 Å². The zero-order valence-corrected chi connectivity index (χ0v) is 12.5. The molecule has 0 bridgehead atoms. The molecule has 2 rings (SSSR count). The number of benzene rings is 2. The van der Waals surface area contributed by atoms with Crippen LogP contribution in [0.15, 0.2) is 40.9 Å². The molecule has 0 aliphatic rings. The van der Waals surface area contributed by atoms with Crippen molar-refractivity contribution in [2.24, 2.45) is 4.52 Å². The Balaban J connectivity index is 2.30. The summed E-state index contributed by atoms with van der Waals surface area (Å²) in [5.74, 6) is -3.09. The molecule has 2 aromatic carbocycles. The van der Waals surface area contributed by atoms with Gasteiger partial charge in [-0.05, 0) is 41.9 Å². The van der Waals surface area contributed by atoms with Crippen molar-refractivity contribution in [3.8, 4) is 23.0 Å². The summed E-state index contributed by atoms with van der Waals surface area (Å²) in [5.41, 5.74) is 7.87. The summed E-state index contributed by atoms with van der Waals surface area (Å²) >= 11 is 0. The predicted octanol–water partition coefficient (Wildman–Crippen LogP) is 1.97. The number of rotatable bonds is 5. The highest BCUT2D eigenvalue weighted by Crippen LogP contribution is 2.37. The number of phenols is 3. The maximum Gasteiger partial charge on any atom is 0.403 e. The van der Waals surface area contributed by atoms with Crippen molar-refractivity contribution in [1.82, 2.24) is 0 Å². The van der Waals surface area contributed by atoms with Gasteiger partial charge in [0.05, 0.1) is 10.1 Å². The standard InChI is InChI=1S/C13H9N3O7S/c14-15-16-24(21,22)23-8-3-1-7(2-4-8)11(18)9-5-6-10(17)13(20)12(9)19/h1-6,17,19-20H. The minimum Gasteiger partial charge on any atom is -0.504 e. The van der Waals surface area contributed by atoms with E-state index in [0.29, 0.717) is 0 Å². The minimum absolute atomic E-state index is 0.0453. The van der Waals surface area contributed by atoms with Crippen LogP contribution >= 0.6 is 0 Å². The van der Waals surface area contributed by atoms with Gasteiger partial charge in [0.1, 0.15) is 5.75 Å². The fourth-order valence-electron chi connectivity index (χ4n) is 1.75. The van der Waals surface area contributed by atoms with Crippen molar-refractivity contribution < 1.29 is 32.7 Å². The largest absolute Gasteiger partial charge is 0.504 e. The number of phenolic OH excluding ortho intramolecular Hbond substituents is 3. The second kappa shape index (κ2) is 6.36. The van der Waals surface area contributed by atoms with Crippen molar-refractivity contribution in [3.63, 3.8) is 0 Å². The van der Waals surface area contributed by atoms with Crippen LogP contribution in [0, 0.1) is 0 Å². The highest BCUT2D eigenvalue weighted by Gasteiger charge is 2.19. The first-order valence-corrected chi connectivity index (χ1v) is 7.51. The van der Waals surface area contributed by atoms with Crippen LogP contribution in [-0.4, -0.2) is 29.5 Å². The molecule has 0 aliphatic heterocycles. The van der Waals surface area contributed by atoms with Crippen LogP contribution in [0.1, 0.15) is 15.9 Å². The maximum absolute atomic E-state index is 12.3. The van der Waals surface area contributed by atoms with Gasteiger partial charge in [0, 0.05) is 10.5 Å². The number of hydrogen-bond acceptors (Lipinski definition) is 7. The molecular formula is C13H9N3O7S. The van der Waals surface area contributed by atoms with Gasteiger partial charge in [-0.25, -0.2) is 0 Å². The molecule has 10 nitrogen and oxygen atoms in total. The molecule has 3 N–H and O–H groups in total. The summed E-state index contributed by atoms with van der Waals surface area (Å²) in [4.78, 5) is 14.4. The summed E-state index contributed by atoms with van der Waals surface area (Å²) in [6, 6.07) is 6.82. The van der Waals surface area contributed by atoms with E-state index in [-0.39, 0.29) is 16.9 Å². The number of ketones is 1. The van der Waals surface area contributed by atoms with Crippen LogP contribution in [-0.2, 0) is 10.3 Å². The van der Waals surface area contributed by atoms with Gasteiger partial charge in [-0.3, -0.25) is 4.79 Å². The summed E-state index contributed by atoms with van der Waals surface area (Å²) in [6.45, 7) is 0. The van der Waals surface area contributed by atoms with Crippen LogP contribution < -0.4 is 4.18 Å². The molecule has 124 valence electrons. The Morgan fingerprint density at radius 3 is 2.25 bits per heavy atom. The topological polar surface area (TPSA) is 170 Å². The molecule has 0 spiro atoms. The van der Waals surface area contributed by atoms with Crippen molar-refractivity contribution in [3.05, 3.63) is 58.0 Å². The van der Waals surface area contributed by atoms with Gasteiger partial charge >= 0.3 is 10.3 Å².